The maximum Gasteiger partial charge on any atom is 0.327 e. The van der Waals surface area contributed by atoms with E-state index in [1.165, 1.54) is 7.11 Å². The summed E-state index contributed by atoms with van der Waals surface area (Å²) in [7, 11) is 1.43. The van der Waals surface area contributed by atoms with Crippen LogP contribution in [0.1, 0.15) is 11.6 Å². The number of hydrogen-bond acceptors (Lipinski definition) is 3. The summed E-state index contributed by atoms with van der Waals surface area (Å²) in [4.78, 5) is 14.1. The molecule has 0 N–H and O–H groups in total. The number of nitrogens with zero attached hydrogens (tertiary/aromatic N) is 1. The molecular weight excluding hydrogens is 226 g/mol. The maximum absolute atomic E-state index is 12.0. The molecule has 0 saturated heterocycles. The van der Waals surface area contributed by atoms with E-state index in [0.29, 0.717) is 0 Å². The highest BCUT2D eigenvalue weighted by Gasteiger charge is 2.30. The normalized spacial score (nSPS) is 17.1. The molecule has 3 nitrogen and oxygen atoms in total. The molecule has 0 radical (unpaired) electrons. The van der Waals surface area contributed by atoms with Crippen LogP contribution >= 0.6 is 0 Å². The molecule has 1 aliphatic rings. The summed E-state index contributed by atoms with van der Waals surface area (Å²) in [6.45, 7) is 5.24. The first-order valence-corrected chi connectivity index (χ1v) is 5.94. The number of carbonyl (C=O) groups is 1. The van der Waals surface area contributed by atoms with Crippen molar-refractivity contribution in [3.63, 3.8) is 0 Å². The second-order valence-electron chi connectivity index (χ2n) is 4.25. The van der Waals surface area contributed by atoms with Crippen molar-refractivity contribution in [3.8, 4) is 0 Å². The third-order valence-electron chi connectivity index (χ3n) is 3.14. The first kappa shape index (κ1) is 12.6. The minimum atomic E-state index is -0.343. The molecule has 0 unspecified atom stereocenters. The zero-order valence-electron chi connectivity index (χ0n) is 10.5. The van der Waals surface area contributed by atoms with Crippen LogP contribution in [0.25, 0.3) is 0 Å². The van der Waals surface area contributed by atoms with Gasteiger partial charge < -0.3 is 4.74 Å². The van der Waals surface area contributed by atoms with Crippen LogP contribution in [0.5, 0.6) is 0 Å². The maximum atomic E-state index is 12.0. The lowest BCUT2D eigenvalue weighted by Gasteiger charge is -2.25. The van der Waals surface area contributed by atoms with Gasteiger partial charge in [-0.1, -0.05) is 49.1 Å². The number of hydrogen-bond donors (Lipinski definition) is 0. The molecule has 1 atom stereocenters. The number of methoxy groups -OCH3 is 1. The van der Waals surface area contributed by atoms with E-state index in [9.17, 15) is 4.79 Å². The van der Waals surface area contributed by atoms with E-state index >= 15 is 0 Å². The van der Waals surface area contributed by atoms with Crippen molar-refractivity contribution in [3.05, 3.63) is 60.2 Å². The van der Waals surface area contributed by atoms with Crippen LogP contribution in [0, 0.1) is 0 Å². The number of rotatable bonds is 4. The summed E-state index contributed by atoms with van der Waals surface area (Å²) in [6.07, 6.45) is 3.92. The molecule has 0 saturated carbocycles. The molecule has 3 heteroatoms. The summed E-state index contributed by atoms with van der Waals surface area (Å²) in [6, 6.07) is 9.37. The number of esters is 1. The van der Waals surface area contributed by atoms with Gasteiger partial charge in [0.15, 0.2) is 0 Å². The summed E-state index contributed by atoms with van der Waals surface area (Å²) < 4.78 is 4.92. The fraction of sp³-hybridized carbons (Fsp3) is 0.267. The molecule has 0 amide bonds. The van der Waals surface area contributed by atoms with Gasteiger partial charge in [0.25, 0.3) is 0 Å². The monoisotopic (exact) mass is 243 g/mol. The zero-order valence-corrected chi connectivity index (χ0v) is 10.5. The first-order chi connectivity index (χ1) is 8.76. The van der Waals surface area contributed by atoms with Crippen molar-refractivity contribution >= 4 is 5.97 Å². The second-order valence-corrected chi connectivity index (χ2v) is 4.25. The molecule has 18 heavy (non-hydrogen) atoms. The highest BCUT2D eigenvalue weighted by atomic mass is 16.5. The minimum Gasteiger partial charge on any atom is -0.468 e. The Morgan fingerprint density at radius 3 is 2.72 bits per heavy atom. The molecule has 94 valence electrons. The van der Waals surface area contributed by atoms with Gasteiger partial charge in [0.2, 0.25) is 0 Å². The Balaban J connectivity index is 2.23. The third kappa shape index (κ3) is 2.51. The lowest BCUT2D eigenvalue weighted by molar-refractivity contribution is -0.146. The molecule has 1 aliphatic heterocycles. The predicted molar refractivity (Wildman–Crippen MR) is 71.1 cm³/mol. The van der Waals surface area contributed by atoms with Crippen LogP contribution in [0.15, 0.2) is 54.6 Å². The smallest absolute Gasteiger partial charge is 0.327 e. The Bertz CT molecular complexity index is 465. The molecule has 2 rings (SSSR count). The summed E-state index contributed by atoms with van der Waals surface area (Å²) in [5, 5.41) is 0. The number of ether oxygens (including phenoxy) is 1. The van der Waals surface area contributed by atoms with Gasteiger partial charge in [-0.05, 0) is 11.1 Å². The van der Waals surface area contributed by atoms with Gasteiger partial charge in [-0.25, -0.2) is 4.79 Å². The van der Waals surface area contributed by atoms with Gasteiger partial charge in [-0.3, -0.25) is 4.90 Å². The van der Waals surface area contributed by atoms with E-state index in [2.05, 4.69) is 17.6 Å². The van der Waals surface area contributed by atoms with E-state index in [1.54, 1.807) is 0 Å². The Morgan fingerprint density at radius 1 is 1.44 bits per heavy atom. The van der Waals surface area contributed by atoms with E-state index in [0.717, 1.165) is 24.2 Å². The van der Waals surface area contributed by atoms with Crippen LogP contribution in [-0.4, -0.2) is 31.1 Å². The van der Waals surface area contributed by atoms with Gasteiger partial charge in [-0.15, -0.1) is 0 Å². The van der Waals surface area contributed by atoms with E-state index in [1.807, 2.05) is 36.4 Å². The lowest BCUT2D eigenvalue weighted by atomic mass is 10.1. The van der Waals surface area contributed by atoms with Gasteiger partial charge in [-0.2, -0.15) is 0 Å². The third-order valence-corrected chi connectivity index (χ3v) is 3.14. The van der Waals surface area contributed by atoms with Gasteiger partial charge in [0.05, 0.1) is 7.11 Å². The fourth-order valence-electron chi connectivity index (χ4n) is 2.19. The van der Waals surface area contributed by atoms with Gasteiger partial charge in [0.1, 0.15) is 6.04 Å². The topological polar surface area (TPSA) is 29.5 Å². The Hall–Kier alpha value is -1.87. The summed E-state index contributed by atoms with van der Waals surface area (Å²) in [5.74, 6) is -0.222. The molecule has 0 spiro atoms. The van der Waals surface area contributed by atoms with Crippen molar-refractivity contribution in [2.45, 2.75) is 6.04 Å². The predicted octanol–water partition coefficient (Wildman–Crippen LogP) is 2.33. The molecule has 1 aromatic rings. The molecule has 0 bridgehead atoms. The first-order valence-electron chi connectivity index (χ1n) is 5.94. The van der Waals surface area contributed by atoms with Gasteiger partial charge in [0, 0.05) is 13.1 Å². The lowest BCUT2D eigenvalue weighted by Crippen LogP contribution is -2.33. The average molecular weight is 243 g/mol. The van der Waals surface area contributed by atoms with Crippen LogP contribution in [0.3, 0.4) is 0 Å². The zero-order chi connectivity index (χ0) is 13.0. The van der Waals surface area contributed by atoms with Crippen molar-refractivity contribution in [1.82, 2.24) is 4.90 Å². The van der Waals surface area contributed by atoms with Crippen molar-refractivity contribution in [2.24, 2.45) is 0 Å². The van der Waals surface area contributed by atoms with Crippen LogP contribution in [-0.2, 0) is 9.53 Å². The summed E-state index contributed by atoms with van der Waals surface area (Å²) >= 11 is 0. The molecule has 1 heterocycles. The molecule has 1 aromatic carbocycles. The quantitative estimate of drug-likeness (QED) is 0.760. The minimum absolute atomic E-state index is 0.222. The molecule has 0 fully saturated rings. The average Bonchev–Trinajstić information content (AvgIpc) is 2.88. The van der Waals surface area contributed by atoms with E-state index in [-0.39, 0.29) is 12.0 Å². The fourth-order valence-corrected chi connectivity index (χ4v) is 2.19. The number of benzene rings is 1. The van der Waals surface area contributed by atoms with Crippen molar-refractivity contribution in [1.29, 1.82) is 0 Å². The van der Waals surface area contributed by atoms with Gasteiger partial charge >= 0.3 is 5.97 Å². The number of carbonyl (C=O) groups excluding carboxylic acids is 1. The Labute approximate surface area is 107 Å². The summed E-state index contributed by atoms with van der Waals surface area (Å²) in [5.41, 5.74) is 2.11. The SMILES string of the molecule is C=CC1=CCN([C@H](C(=O)OC)c2ccccc2)C1. The molecule has 0 aromatic heterocycles. The Morgan fingerprint density at radius 2 is 2.17 bits per heavy atom. The molecular formula is C15H17NO2. The van der Waals surface area contributed by atoms with Crippen molar-refractivity contribution < 1.29 is 9.53 Å². The van der Waals surface area contributed by atoms with Crippen LogP contribution in [0.4, 0.5) is 0 Å². The van der Waals surface area contributed by atoms with E-state index < -0.39 is 0 Å². The van der Waals surface area contributed by atoms with Crippen LogP contribution in [0.2, 0.25) is 0 Å². The van der Waals surface area contributed by atoms with Crippen LogP contribution < -0.4 is 0 Å². The van der Waals surface area contributed by atoms with E-state index in [4.69, 9.17) is 4.74 Å². The van der Waals surface area contributed by atoms with Crippen molar-refractivity contribution in [2.75, 3.05) is 20.2 Å². The standard InChI is InChI=1S/C15H17NO2/c1-3-12-9-10-16(11-12)14(15(17)18-2)13-7-5-4-6-8-13/h3-9,14H,1,10-11H2,2H3/t14-/m0/s1. The Kier molecular flexibility index (Phi) is 3.95. The molecule has 0 aliphatic carbocycles. The highest BCUT2D eigenvalue weighted by molar-refractivity contribution is 5.77. The second kappa shape index (κ2) is 5.65. The largest absolute Gasteiger partial charge is 0.468 e. The highest BCUT2D eigenvalue weighted by Crippen LogP contribution is 2.26.